The molecule has 3 aromatic heterocycles. The van der Waals surface area contributed by atoms with Gasteiger partial charge in [-0.05, 0) is 23.1 Å². The minimum Gasteiger partial charge on any atom is -0.355 e. The molecular formula is C27H22N4S. The van der Waals surface area contributed by atoms with Crippen LogP contribution in [0.4, 0.5) is 5.82 Å². The van der Waals surface area contributed by atoms with E-state index in [9.17, 15) is 0 Å². The summed E-state index contributed by atoms with van der Waals surface area (Å²) in [6.07, 6.45) is 3.77. The van der Waals surface area contributed by atoms with E-state index in [1.807, 2.05) is 54.9 Å². The molecule has 0 bridgehead atoms. The van der Waals surface area contributed by atoms with Crippen molar-refractivity contribution in [1.29, 1.82) is 0 Å². The Morgan fingerprint density at radius 3 is 2.25 bits per heavy atom. The lowest BCUT2D eigenvalue weighted by Gasteiger charge is -2.20. The van der Waals surface area contributed by atoms with Gasteiger partial charge < -0.3 is 4.90 Å². The van der Waals surface area contributed by atoms with E-state index in [0.29, 0.717) is 5.82 Å². The number of thiophene rings is 1. The van der Waals surface area contributed by atoms with Crippen molar-refractivity contribution in [3.63, 3.8) is 0 Å². The number of pyridine rings is 1. The number of hydrogen-bond donors (Lipinski definition) is 0. The molecule has 0 atom stereocenters. The molecule has 5 heteroatoms. The Labute approximate surface area is 191 Å². The van der Waals surface area contributed by atoms with Crippen LogP contribution in [0.5, 0.6) is 0 Å². The summed E-state index contributed by atoms with van der Waals surface area (Å²) in [6, 6.07) is 28.9. The zero-order valence-corrected chi connectivity index (χ0v) is 18.5. The number of anilines is 1. The molecule has 32 heavy (non-hydrogen) atoms. The van der Waals surface area contributed by atoms with Crippen LogP contribution >= 0.6 is 11.3 Å². The van der Waals surface area contributed by atoms with Crippen molar-refractivity contribution in [2.45, 2.75) is 6.54 Å². The summed E-state index contributed by atoms with van der Waals surface area (Å²) in [4.78, 5) is 17.6. The minimum atomic E-state index is 0.708. The van der Waals surface area contributed by atoms with E-state index in [1.165, 1.54) is 10.4 Å². The first-order valence-corrected chi connectivity index (χ1v) is 11.3. The second-order valence-electron chi connectivity index (χ2n) is 7.58. The van der Waals surface area contributed by atoms with E-state index in [0.717, 1.165) is 34.7 Å². The molecule has 0 unspecified atom stereocenters. The van der Waals surface area contributed by atoms with E-state index >= 15 is 0 Å². The molecular weight excluding hydrogens is 412 g/mol. The third-order valence-electron chi connectivity index (χ3n) is 5.24. The first-order chi connectivity index (χ1) is 15.8. The standard InChI is InChI=1S/C27H22N4S/c1-31(19-20-9-4-2-5-10-20)26-16-24(29-27(30-26)21-11-6-3-7-12-21)22-15-23(18-28-17-22)25-13-8-14-32-25/h2-18H,19H2,1H3. The Balaban J connectivity index is 1.58. The second-order valence-corrected chi connectivity index (χ2v) is 8.53. The Morgan fingerprint density at radius 1 is 0.750 bits per heavy atom. The predicted octanol–water partition coefficient (Wildman–Crippen LogP) is 6.57. The zero-order valence-electron chi connectivity index (χ0n) is 17.7. The molecule has 0 fully saturated rings. The van der Waals surface area contributed by atoms with Gasteiger partial charge in [0.2, 0.25) is 0 Å². The molecule has 3 heterocycles. The Kier molecular flexibility index (Phi) is 5.73. The maximum Gasteiger partial charge on any atom is 0.162 e. The van der Waals surface area contributed by atoms with E-state index in [1.54, 1.807) is 11.3 Å². The average molecular weight is 435 g/mol. The number of nitrogens with zero attached hydrogens (tertiary/aromatic N) is 4. The molecule has 2 aromatic carbocycles. The van der Waals surface area contributed by atoms with Gasteiger partial charge in [0.1, 0.15) is 5.82 Å². The van der Waals surface area contributed by atoms with Crippen molar-refractivity contribution in [3.05, 3.63) is 108 Å². The van der Waals surface area contributed by atoms with Crippen molar-refractivity contribution in [2.24, 2.45) is 0 Å². The highest BCUT2D eigenvalue weighted by Crippen LogP contribution is 2.30. The summed E-state index contributed by atoms with van der Waals surface area (Å²) in [6.45, 7) is 0.763. The van der Waals surface area contributed by atoms with Gasteiger partial charge in [-0.3, -0.25) is 4.98 Å². The van der Waals surface area contributed by atoms with Gasteiger partial charge in [-0.1, -0.05) is 66.7 Å². The maximum absolute atomic E-state index is 4.91. The SMILES string of the molecule is CN(Cc1ccccc1)c1cc(-c2cncc(-c3cccs3)c2)nc(-c2ccccc2)n1. The van der Waals surface area contributed by atoms with Gasteiger partial charge in [0, 0.05) is 53.6 Å². The van der Waals surface area contributed by atoms with Gasteiger partial charge in [0.15, 0.2) is 5.82 Å². The van der Waals surface area contributed by atoms with Gasteiger partial charge in [0.25, 0.3) is 0 Å². The van der Waals surface area contributed by atoms with Crippen molar-refractivity contribution >= 4 is 17.2 Å². The van der Waals surface area contributed by atoms with Crippen LogP contribution in [-0.2, 0) is 6.54 Å². The van der Waals surface area contributed by atoms with Gasteiger partial charge in [0.05, 0.1) is 5.69 Å². The fourth-order valence-corrected chi connectivity index (χ4v) is 4.30. The highest BCUT2D eigenvalue weighted by Gasteiger charge is 2.13. The smallest absolute Gasteiger partial charge is 0.162 e. The molecule has 5 rings (SSSR count). The summed E-state index contributed by atoms with van der Waals surface area (Å²) in [7, 11) is 2.06. The summed E-state index contributed by atoms with van der Waals surface area (Å²) in [5.74, 6) is 1.58. The summed E-state index contributed by atoms with van der Waals surface area (Å²) >= 11 is 1.71. The molecule has 0 aliphatic rings. The topological polar surface area (TPSA) is 41.9 Å². The highest BCUT2D eigenvalue weighted by molar-refractivity contribution is 7.13. The van der Waals surface area contributed by atoms with E-state index in [2.05, 4.69) is 64.8 Å². The Morgan fingerprint density at radius 2 is 1.50 bits per heavy atom. The number of benzene rings is 2. The van der Waals surface area contributed by atoms with Gasteiger partial charge >= 0.3 is 0 Å². The van der Waals surface area contributed by atoms with Crippen LogP contribution in [0.2, 0.25) is 0 Å². The predicted molar refractivity (Wildman–Crippen MR) is 133 cm³/mol. The second kappa shape index (κ2) is 9.12. The van der Waals surface area contributed by atoms with Crippen LogP contribution in [0.15, 0.2) is 103 Å². The van der Waals surface area contributed by atoms with Gasteiger partial charge in [-0.15, -0.1) is 11.3 Å². The average Bonchev–Trinajstić information content (AvgIpc) is 3.40. The first kappa shape index (κ1) is 20.1. The largest absolute Gasteiger partial charge is 0.355 e. The third kappa shape index (κ3) is 4.43. The lowest BCUT2D eigenvalue weighted by atomic mass is 10.1. The molecule has 0 aliphatic carbocycles. The summed E-state index contributed by atoms with van der Waals surface area (Å²) in [5.41, 5.74) is 5.16. The van der Waals surface area contributed by atoms with Crippen LogP contribution in [0.3, 0.4) is 0 Å². The molecule has 0 N–H and O–H groups in total. The summed E-state index contributed by atoms with van der Waals surface area (Å²) < 4.78 is 0. The number of hydrogen-bond acceptors (Lipinski definition) is 5. The molecule has 0 saturated heterocycles. The Bertz CT molecular complexity index is 1300. The monoisotopic (exact) mass is 434 g/mol. The van der Waals surface area contributed by atoms with E-state index < -0.39 is 0 Å². The van der Waals surface area contributed by atoms with Crippen molar-refractivity contribution in [1.82, 2.24) is 15.0 Å². The summed E-state index contributed by atoms with van der Waals surface area (Å²) in [5, 5.41) is 2.08. The van der Waals surface area contributed by atoms with Gasteiger partial charge in [-0.2, -0.15) is 0 Å². The fraction of sp³-hybridized carbons (Fsp3) is 0.0741. The molecule has 5 aromatic rings. The quantitative estimate of drug-likeness (QED) is 0.303. The van der Waals surface area contributed by atoms with Crippen molar-refractivity contribution in [3.8, 4) is 33.1 Å². The van der Waals surface area contributed by atoms with Crippen LogP contribution in [0.1, 0.15) is 5.56 Å². The zero-order chi connectivity index (χ0) is 21.8. The molecule has 156 valence electrons. The fourth-order valence-electron chi connectivity index (χ4n) is 3.59. The van der Waals surface area contributed by atoms with Crippen LogP contribution < -0.4 is 4.90 Å². The minimum absolute atomic E-state index is 0.708. The van der Waals surface area contributed by atoms with Crippen molar-refractivity contribution in [2.75, 3.05) is 11.9 Å². The first-order valence-electron chi connectivity index (χ1n) is 10.5. The molecule has 0 aliphatic heterocycles. The number of rotatable bonds is 6. The maximum atomic E-state index is 4.91. The molecule has 0 saturated carbocycles. The van der Waals surface area contributed by atoms with Crippen LogP contribution in [0.25, 0.3) is 33.1 Å². The van der Waals surface area contributed by atoms with E-state index in [4.69, 9.17) is 9.97 Å². The molecule has 0 amide bonds. The molecule has 0 radical (unpaired) electrons. The lowest BCUT2D eigenvalue weighted by Crippen LogP contribution is -2.18. The van der Waals surface area contributed by atoms with Crippen molar-refractivity contribution < 1.29 is 0 Å². The Hall–Kier alpha value is -3.83. The molecule has 4 nitrogen and oxygen atoms in total. The third-order valence-corrected chi connectivity index (χ3v) is 6.16. The van der Waals surface area contributed by atoms with Crippen LogP contribution in [0, 0.1) is 0 Å². The number of aromatic nitrogens is 3. The van der Waals surface area contributed by atoms with E-state index in [-0.39, 0.29) is 0 Å². The van der Waals surface area contributed by atoms with Gasteiger partial charge in [-0.25, -0.2) is 9.97 Å². The normalized spacial score (nSPS) is 10.8. The lowest BCUT2D eigenvalue weighted by molar-refractivity contribution is 0.893. The highest BCUT2D eigenvalue weighted by atomic mass is 32.1. The molecule has 0 spiro atoms. The van der Waals surface area contributed by atoms with Crippen LogP contribution in [-0.4, -0.2) is 22.0 Å².